The van der Waals surface area contributed by atoms with E-state index in [1.807, 2.05) is 45.0 Å². The summed E-state index contributed by atoms with van der Waals surface area (Å²) >= 11 is 0. The van der Waals surface area contributed by atoms with Crippen molar-refractivity contribution in [1.82, 2.24) is 5.32 Å². The SMILES string of the molecule is CC(=O)Nc1ccc(C(=O)NCc2ccc(OC(C)(C)C)cc2)cc1. The summed E-state index contributed by atoms with van der Waals surface area (Å²) in [6.45, 7) is 7.87. The van der Waals surface area contributed by atoms with Crippen molar-refractivity contribution in [2.45, 2.75) is 39.8 Å². The molecular formula is C20H24N2O3. The molecule has 0 saturated carbocycles. The molecular weight excluding hydrogens is 316 g/mol. The van der Waals surface area contributed by atoms with Crippen molar-refractivity contribution in [3.8, 4) is 5.75 Å². The van der Waals surface area contributed by atoms with Gasteiger partial charge in [0.25, 0.3) is 5.91 Å². The third kappa shape index (κ3) is 6.30. The van der Waals surface area contributed by atoms with Crippen LogP contribution in [0.15, 0.2) is 48.5 Å². The summed E-state index contributed by atoms with van der Waals surface area (Å²) in [5, 5.41) is 5.54. The van der Waals surface area contributed by atoms with Crippen molar-refractivity contribution in [2.24, 2.45) is 0 Å². The Labute approximate surface area is 148 Å². The van der Waals surface area contributed by atoms with Gasteiger partial charge in [-0.1, -0.05) is 12.1 Å². The number of anilines is 1. The quantitative estimate of drug-likeness (QED) is 0.871. The summed E-state index contributed by atoms with van der Waals surface area (Å²) in [6, 6.07) is 14.4. The van der Waals surface area contributed by atoms with Gasteiger partial charge in [-0.25, -0.2) is 0 Å². The number of benzene rings is 2. The normalized spacial score (nSPS) is 10.9. The third-order valence-electron chi connectivity index (χ3n) is 3.27. The Kier molecular flexibility index (Phi) is 5.80. The molecule has 0 aliphatic carbocycles. The number of hydrogen-bond acceptors (Lipinski definition) is 3. The van der Waals surface area contributed by atoms with Crippen molar-refractivity contribution >= 4 is 17.5 Å². The summed E-state index contributed by atoms with van der Waals surface area (Å²) in [7, 11) is 0. The van der Waals surface area contributed by atoms with Crippen LogP contribution >= 0.6 is 0 Å². The van der Waals surface area contributed by atoms with Crippen LogP contribution in [-0.4, -0.2) is 17.4 Å². The zero-order chi connectivity index (χ0) is 18.4. The maximum Gasteiger partial charge on any atom is 0.251 e. The third-order valence-corrected chi connectivity index (χ3v) is 3.27. The predicted molar refractivity (Wildman–Crippen MR) is 98.7 cm³/mol. The molecule has 132 valence electrons. The number of amides is 2. The lowest BCUT2D eigenvalue weighted by Gasteiger charge is -2.21. The van der Waals surface area contributed by atoms with Gasteiger partial charge in [0, 0.05) is 24.7 Å². The van der Waals surface area contributed by atoms with Gasteiger partial charge in [-0.15, -0.1) is 0 Å². The van der Waals surface area contributed by atoms with E-state index in [0.29, 0.717) is 17.8 Å². The molecule has 0 radical (unpaired) electrons. The van der Waals surface area contributed by atoms with Gasteiger partial charge in [0.05, 0.1) is 0 Å². The molecule has 0 aromatic heterocycles. The first-order valence-corrected chi connectivity index (χ1v) is 8.17. The molecule has 0 bridgehead atoms. The molecule has 5 heteroatoms. The van der Waals surface area contributed by atoms with Gasteiger partial charge < -0.3 is 15.4 Å². The summed E-state index contributed by atoms with van der Waals surface area (Å²) < 4.78 is 5.77. The van der Waals surface area contributed by atoms with Gasteiger partial charge >= 0.3 is 0 Å². The summed E-state index contributed by atoms with van der Waals surface area (Å²) in [5.74, 6) is 0.497. The second-order valence-corrected chi connectivity index (χ2v) is 6.80. The molecule has 2 N–H and O–H groups in total. The first kappa shape index (κ1) is 18.5. The number of nitrogens with one attached hydrogen (secondary N) is 2. The van der Waals surface area contributed by atoms with E-state index < -0.39 is 0 Å². The van der Waals surface area contributed by atoms with Crippen LogP contribution in [0.4, 0.5) is 5.69 Å². The zero-order valence-corrected chi connectivity index (χ0v) is 15.1. The van der Waals surface area contributed by atoms with E-state index in [1.54, 1.807) is 24.3 Å². The fourth-order valence-electron chi connectivity index (χ4n) is 2.22. The van der Waals surface area contributed by atoms with Crippen LogP contribution in [0, 0.1) is 0 Å². The summed E-state index contributed by atoms with van der Waals surface area (Å²) in [6.07, 6.45) is 0. The van der Waals surface area contributed by atoms with Gasteiger partial charge in [0.1, 0.15) is 11.4 Å². The molecule has 0 saturated heterocycles. The molecule has 0 atom stereocenters. The molecule has 0 heterocycles. The van der Waals surface area contributed by atoms with Gasteiger partial charge in [-0.3, -0.25) is 9.59 Å². The first-order chi connectivity index (χ1) is 11.7. The highest BCUT2D eigenvalue weighted by Gasteiger charge is 2.11. The lowest BCUT2D eigenvalue weighted by atomic mass is 10.1. The van der Waals surface area contributed by atoms with E-state index in [1.165, 1.54) is 6.92 Å². The van der Waals surface area contributed by atoms with Crippen LogP contribution in [0.2, 0.25) is 0 Å². The Balaban J connectivity index is 1.90. The fraction of sp³-hybridized carbons (Fsp3) is 0.300. The van der Waals surface area contributed by atoms with Crippen LogP contribution in [0.3, 0.4) is 0 Å². The summed E-state index contributed by atoms with van der Waals surface area (Å²) in [4.78, 5) is 23.2. The van der Waals surface area contributed by atoms with Crippen LogP contribution in [-0.2, 0) is 11.3 Å². The molecule has 25 heavy (non-hydrogen) atoms. The van der Waals surface area contributed by atoms with Crippen molar-refractivity contribution in [1.29, 1.82) is 0 Å². The van der Waals surface area contributed by atoms with Crippen molar-refractivity contribution in [3.05, 3.63) is 59.7 Å². The number of rotatable bonds is 5. The monoisotopic (exact) mass is 340 g/mol. The van der Waals surface area contributed by atoms with Gasteiger partial charge in [-0.05, 0) is 62.7 Å². The molecule has 2 amide bonds. The van der Waals surface area contributed by atoms with Crippen molar-refractivity contribution in [2.75, 3.05) is 5.32 Å². The second kappa shape index (κ2) is 7.83. The molecule has 2 aromatic rings. The minimum atomic E-state index is -0.237. The fourth-order valence-corrected chi connectivity index (χ4v) is 2.22. The van der Waals surface area contributed by atoms with E-state index >= 15 is 0 Å². The Bertz CT molecular complexity index is 729. The van der Waals surface area contributed by atoms with Gasteiger partial charge in [0.2, 0.25) is 5.91 Å². The molecule has 0 aliphatic heterocycles. The Morgan fingerprint density at radius 3 is 2.08 bits per heavy atom. The van der Waals surface area contributed by atoms with E-state index in [9.17, 15) is 9.59 Å². The number of carbonyl (C=O) groups excluding carboxylic acids is 2. The lowest BCUT2D eigenvalue weighted by Crippen LogP contribution is -2.23. The molecule has 0 unspecified atom stereocenters. The maximum absolute atomic E-state index is 12.2. The topological polar surface area (TPSA) is 67.4 Å². The average molecular weight is 340 g/mol. The van der Waals surface area contributed by atoms with E-state index in [4.69, 9.17) is 4.74 Å². The van der Waals surface area contributed by atoms with E-state index in [0.717, 1.165) is 11.3 Å². The van der Waals surface area contributed by atoms with Gasteiger partial charge in [0.15, 0.2) is 0 Å². The smallest absolute Gasteiger partial charge is 0.251 e. The number of ether oxygens (including phenoxy) is 1. The Morgan fingerprint density at radius 1 is 0.960 bits per heavy atom. The highest BCUT2D eigenvalue weighted by atomic mass is 16.5. The molecule has 5 nitrogen and oxygen atoms in total. The zero-order valence-electron chi connectivity index (χ0n) is 15.1. The largest absolute Gasteiger partial charge is 0.488 e. The molecule has 0 fully saturated rings. The number of hydrogen-bond donors (Lipinski definition) is 2. The minimum Gasteiger partial charge on any atom is -0.488 e. The van der Waals surface area contributed by atoms with E-state index in [2.05, 4.69) is 10.6 Å². The minimum absolute atomic E-state index is 0.143. The molecule has 2 aromatic carbocycles. The Morgan fingerprint density at radius 2 is 1.56 bits per heavy atom. The first-order valence-electron chi connectivity index (χ1n) is 8.17. The maximum atomic E-state index is 12.2. The average Bonchev–Trinajstić information content (AvgIpc) is 2.52. The van der Waals surface area contributed by atoms with Crippen LogP contribution in [0.1, 0.15) is 43.6 Å². The number of carbonyl (C=O) groups is 2. The highest BCUT2D eigenvalue weighted by Crippen LogP contribution is 2.18. The predicted octanol–water partition coefficient (Wildman–Crippen LogP) is 3.75. The lowest BCUT2D eigenvalue weighted by molar-refractivity contribution is -0.114. The molecule has 0 spiro atoms. The van der Waals surface area contributed by atoms with Gasteiger partial charge in [-0.2, -0.15) is 0 Å². The Hall–Kier alpha value is -2.82. The van der Waals surface area contributed by atoms with E-state index in [-0.39, 0.29) is 17.4 Å². The molecule has 0 aliphatic rings. The highest BCUT2D eigenvalue weighted by molar-refractivity contribution is 5.95. The van der Waals surface area contributed by atoms with Crippen LogP contribution in [0.25, 0.3) is 0 Å². The van der Waals surface area contributed by atoms with Crippen LogP contribution in [0.5, 0.6) is 5.75 Å². The van der Waals surface area contributed by atoms with Crippen molar-refractivity contribution in [3.63, 3.8) is 0 Å². The van der Waals surface area contributed by atoms with Crippen LogP contribution < -0.4 is 15.4 Å². The summed E-state index contributed by atoms with van der Waals surface area (Å²) in [5.41, 5.74) is 1.96. The van der Waals surface area contributed by atoms with Crippen molar-refractivity contribution < 1.29 is 14.3 Å². The molecule has 2 rings (SSSR count). The second-order valence-electron chi connectivity index (χ2n) is 6.80. The standard InChI is InChI=1S/C20H24N2O3/c1-14(23)22-17-9-7-16(8-10-17)19(24)21-13-15-5-11-18(12-6-15)25-20(2,3)4/h5-12H,13H2,1-4H3,(H,21,24)(H,22,23).